The predicted octanol–water partition coefficient (Wildman–Crippen LogP) is 1.27. The number of aryl methyl sites for hydroxylation is 2. The Balaban J connectivity index is 1.83. The van der Waals surface area contributed by atoms with E-state index in [-0.39, 0.29) is 13.1 Å². The first-order chi connectivity index (χ1) is 9.48. The maximum absolute atomic E-state index is 12.4. The second-order valence-electron chi connectivity index (χ2n) is 5.49. The van der Waals surface area contributed by atoms with Gasteiger partial charge in [0.2, 0.25) is 10.0 Å². The Labute approximate surface area is 118 Å². The number of carboxylic acid groups (broad SMARTS) is 1. The van der Waals surface area contributed by atoms with Gasteiger partial charge in [0.05, 0.1) is 10.8 Å². The van der Waals surface area contributed by atoms with Gasteiger partial charge in [-0.3, -0.25) is 4.79 Å². The highest BCUT2D eigenvalue weighted by Crippen LogP contribution is 2.29. The molecule has 5 nitrogen and oxygen atoms in total. The van der Waals surface area contributed by atoms with Crippen LogP contribution in [-0.2, 0) is 27.7 Å². The van der Waals surface area contributed by atoms with E-state index in [0.29, 0.717) is 4.90 Å². The van der Waals surface area contributed by atoms with Crippen molar-refractivity contribution in [3.63, 3.8) is 0 Å². The molecule has 0 amide bonds. The molecular weight excluding hydrogens is 278 g/mol. The lowest BCUT2D eigenvalue weighted by molar-refractivity contribution is -0.145. The Bertz CT molecular complexity index is 647. The van der Waals surface area contributed by atoms with Crippen molar-refractivity contribution >= 4 is 16.0 Å². The number of nitrogens with zero attached hydrogens (tertiary/aromatic N) is 1. The molecule has 2 aliphatic rings. The van der Waals surface area contributed by atoms with Gasteiger partial charge in [-0.25, -0.2) is 8.42 Å². The van der Waals surface area contributed by atoms with E-state index >= 15 is 0 Å². The van der Waals surface area contributed by atoms with Gasteiger partial charge in [0.15, 0.2) is 0 Å². The fraction of sp³-hybridized carbons (Fsp3) is 0.500. The largest absolute Gasteiger partial charge is 0.481 e. The van der Waals surface area contributed by atoms with Crippen molar-refractivity contribution in [1.29, 1.82) is 0 Å². The number of carboxylic acids is 1. The van der Waals surface area contributed by atoms with Gasteiger partial charge in [0.1, 0.15) is 0 Å². The van der Waals surface area contributed by atoms with Crippen LogP contribution in [0.25, 0.3) is 0 Å². The molecule has 1 N–H and O–H groups in total. The van der Waals surface area contributed by atoms with Gasteiger partial charge in [0.25, 0.3) is 0 Å². The van der Waals surface area contributed by atoms with E-state index in [1.165, 1.54) is 9.87 Å². The van der Waals surface area contributed by atoms with Crippen LogP contribution < -0.4 is 0 Å². The van der Waals surface area contributed by atoms with Crippen molar-refractivity contribution in [2.24, 2.45) is 5.92 Å². The van der Waals surface area contributed by atoms with Crippen LogP contribution in [0.15, 0.2) is 23.1 Å². The van der Waals surface area contributed by atoms with Crippen molar-refractivity contribution in [1.82, 2.24) is 4.31 Å². The number of carbonyl (C=O) groups is 1. The maximum atomic E-state index is 12.4. The Kier molecular flexibility index (Phi) is 3.30. The molecule has 0 saturated carbocycles. The van der Waals surface area contributed by atoms with Crippen LogP contribution >= 0.6 is 0 Å². The summed E-state index contributed by atoms with van der Waals surface area (Å²) >= 11 is 0. The summed E-state index contributed by atoms with van der Waals surface area (Å²) in [5, 5.41) is 8.82. The lowest BCUT2D eigenvalue weighted by atomic mass is 9.92. The van der Waals surface area contributed by atoms with Crippen LogP contribution in [0.5, 0.6) is 0 Å². The van der Waals surface area contributed by atoms with Crippen molar-refractivity contribution in [2.45, 2.75) is 30.6 Å². The minimum absolute atomic E-state index is 0.0781. The van der Waals surface area contributed by atoms with Gasteiger partial charge >= 0.3 is 5.97 Å². The highest BCUT2D eigenvalue weighted by atomic mass is 32.2. The third-order valence-electron chi connectivity index (χ3n) is 4.16. The van der Waals surface area contributed by atoms with Crippen LogP contribution in [0, 0.1) is 5.92 Å². The lowest BCUT2D eigenvalue weighted by Gasteiger charge is -2.35. The first-order valence-corrected chi connectivity index (χ1v) is 8.27. The molecule has 0 radical (unpaired) electrons. The molecule has 108 valence electrons. The van der Waals surface area contributed by atoms with Gasteiger partial charge in [-0.05, 0) is 48.9 Å². The number of benzene rings is 1. The van der Waals surface area contributed by atoms with Gasteiger partial charge in [-0.15, -0.1) is 0 Å². The van der Waals surface area contributed by atoms with Gasteiger partial charge < -0.3 is 5.11 Å². The molecule has 1 aromatic rings. The molecule has 6 heteroatoms. The normalized spacial score (nSPS) is 20.2. The molecule has 1 aliphatic carbocycles. The van der Waals surface area contributed by atoms with Crippen LogP contribution in [0.4, 0.5) is 0 Å². The summed E-state index contributed by atoms with van der Waals surface area (Å²) in [7, 11) is -3.53. The van der Waals surface area contributed by atoms with E-state index in [4.69, 9.17) is 5.11 Å². The molecule has 20 heavy (non-hydrogen) atoms. The number of hydrogen-bond donors (Lipinski definition) is 1. The zero-order valence-electron chi connectivity index (χ0n) is 11.1. The number of aliphatic carboxylic acids is 1. The Hall–Kier alpha value is -1.40. The highest BCUT2D eigenvalue weighted by Gasteiger charge is 2.40. The van der Waals surface area contributed by atoms with E-state index in [9.17, 15) is 13.2 Å². The zero-order chi connectivity index (χ0) is 14.3. The fourth-order valence-electron chi connectivity index (χ4n) is 2.81. The number of rotatable bonds is 3. The van der Waals surface area contributed by atoms with Crippen molar-refractivity contribution < 1.29 is 18.3 Å². The van der Waals surface area contributed by atoms with Gasteiger partial charge in [0, 0.05) is 13.1 Å². The second kappa shape index (κ2) is 4.86. The lowest BCUT2D eigenvalue weighted by Crippen LogP contribution is -2.52. The Morgan fingerprint density at radius 1 is 1.15 bits per heavy atom. The van der Waals surface area contributed by atoms with E-state index in [0.717, 1.165) is 31.2 Å². The fourth-order valence-corrected chi connectivity index (χ4v) is 4.39. The Morgan fingerprint density at radius 2 is 1.80 bits per heavy atom. The quantitative estimate of drug-likeness (QED) is 0.911. The summed E-state index contributed by atoms with van der Waals surface area (Å²) in [5.41, 5.74) is 2.36. The smallest absolute Gasteiger partial charge is 0.309 e. The first-order valence-electron chi connectivity index (χ1n) is 6.83. The van der Waals surface area contributed by atoms with Crippen molar-refractivity contribution in [3.05, 3.63) is 29.3 Å². The summed E-state index contributed by atoms with van der Waals surface area (Å²) < 4.78 is 26.0. The predicted molar refractivity (Wildman–Crippen MR) is 73.0 cm³/mol. The molecule has 1 aromatic carbocycles. The average Bonchev–Trinajstić information content (AvgIpc) is 2.35. The second-order valence-corrected chi connectivity index (χ2v) is 7.43. The first kappa shape index (κ1) is 13.6. The molecule has 0 unspecified atom stereocenters. The highest BCUT2D eigenvalue weighted by molar-refractivity contribution is 7.89. The third kappa shape index (κ3) is 2.23. The summed E-state index contributed by atoms with van der Waals surface area (Å²) in [6, 6.07) is 5.31. The third-order valence-corrected chi connectivity index (χ3v) is 5.98. The minimum Gasteiger partial charge on any atom is -0.481 e. The zero-order valence-corrected chi connectivity index (χ0v) is 11.9. The molecular formula is C14H17NO4S. The van der Waals surface area contributed by atoms with E-state index in [1.807, 2.05) is 6.07 Å². The molecule has 0 aromatic heterocycles. The average molecular weight is 295 g/mol. The summed E-state index contributed by atoms with van der Waals surface area (Å²) in [5.74, 6) is -1.50. The monoisotopic (exact) mass is 295 g/mol. The number of hydrogen-bond acceptors (Lipinski definition) is 3. The number of fused-ring (bicyclic) bond motifs is 1. The molecule has 1 saturated heterocycles. The Morgan fingerprint density at radius 3 is 2.45 bits per heavy atom. The minimum atomic E-state index is -3.53. The summed E-state index contributed by atoms with van der Waals surface area (Å²) in [6.45, 7) is 0.156. The number of sulfonamides is 1. The molecule has 1 fully saturated rings. The molecule has 0 spiro atoms. The van der Waals surface area contributed by atoms with Gasteiger partial charge in [-0.1, -0.05) is 6.07 Å². The van der Waals surface area contributed by atoms with Crippen LogP contribution in [0.3, 0.4) is 0 Å². The SMILES string of the molecule is O=C(O)C1CN(S(=O)(=O)c2ccc3c(c2)CCCC3)C1. The summed E-state index contributed by atoms with van der Waals surface area (Å²) in [6.07, 6.45) is 4.20. The maximum Gasteiger partial charge on any atom is 0.309 e. The molecule has 3 rings (SSSR count). The van der Waals surface area contributed by atoms with E-state index in [1.54, 1.807) is 12.1 Å². The molecule has 1 heterocycles. The van der Waals surface area contributed by atoms with Crippen LogP contribution in [-0.4, -0.2) is 36.9 Å². The van der Waals surface area contributed by atoms with Crippen LogP contribution in [0.1, 0.15) is 24.0 Å². The van der Waals surface area contributed by atoms with Crippen molar-refractivity contribution in [3.8, 4) is 0 Å². The van der Waals surface area contributed by atoms with Crippen LogP contribution in [0.2, 0.25) is 0 Å². The van der Waals surface area contributed by atoms with E-state index in [2.05, 4.69) is 0 Å². The topological polar surface area (TPSA) is 74.7 Å². The molecule has 0 bridgehead atoms. The molecule has 1 aliphatic heterocycles. The summed E-state index contributed by atoms with van der Waals surface area (Å²) in [4.78, 5) is 11.1. The van der Waals surface area contributed by atoms with E-state index < -0.39 is 21.9 Å². The van der Waals surface area contributed by atoms with Crippen molar-refractivity contribution in [2.75, 3.05) is 13.1 Å². The van der Waals surface area contributed by atoms with Gasteiger partial charge in [-0.2, -0.15) is 4.31 Å². The molecule has 0 atom stereocenters. The standard InChI is InChI=1S/C14H17NO4S/c16-14(17)12-8-15(9-12)20(18,19)13-6-5-10-3-1-2-4-11(10)7-13/h5-7,12H,1-4,8-9H2,(H,16,17).